The lowest BCUT2D eigenvalue weighted by Gasteiger charge is -2.14. The van der Waals surface area contributed by atoms with Gasteiger partial charge in [-0.2, -0.15) is 5.06 Å². The number of carbonyl (C=O) groups is 1. The minimum atomic E-state index is -0.211. The number of carbonyl (C=O) groups excluding carboxylic acids is 1. The first-order valence-electron chi connectivity index (χ1n) is 6.09. The van der Waals surface area contributed by atoms with Crippen LogP contribution in [0, 0.1) is 0 Å². The highest BCUT2D eigenvalue weighted by Crippen LogP contribution is 2.02. The Labute approximate surface area is 105 Å². The summed E-state index contributed by atoms with van der Waals surface area (Å²) in [4.78, 5) is 16.0. The largest absolute Gasteiger partial charge is 0.469 e. The van der Waals surface area contributed by atoms with E-state index in [1.165, 1.54) is 7.11 Å². The Bertz CT molecular complexity index is 247. The summed E-state index contributed by atoms with van der Waals surface area (Å²) in [7, 11) is 3.02. The van der Waals surface area contributed by atoms with Crippen molar-refractivity contribution in [3.63, 3.8) is 0 Å². The topological polar surface area (TPSA) is 40.0 Å². The normalized spacial score (nSPS) is 16.8. The number of hydrogen-bond donors (Lipinski definition) is 1. The van der Waals surface area contributed by atoms with Crippen LogP contribution < -0.4 is 5.06 Å². The van der Waals surface area contributed by atoms with Gasteiger partial charge in [0.1, 0.15) is 12.7 Å². The van der Waals surface area contributed by atoms with Gasteiger partial charge < -0.3 is 4.74 Å². The summed E-state index contributed by atoms with van der Waals surface area (Å²) >= 11 is 0. The lowest BCUT2D eigenvalue weighted by atomic mass is 10.1. The third-order valence-corrected chi connectivity index (χ3v) is 1.88. The van der Waals surface area contributed by atoms with Crippen LogP contribution in [0.2, 0.25) is 0 Å². The van der Waals surface area contributed by atoms with Gasteiger partial charge in [-0.25, -0.2) is 4.84 Å². The van der Waals surface area contributed by atoms with Crippen LogP contribution in [0.1, 0.15) is 34.1 Å². The lowest BCUT2D eigenvalue weighted by molar-refractivity contribution is -1.04. The first-order valence-corrected chi connectivity index (χ1v) is 6.09. The molecule has 0 aliphatic carbocycles. The molecule has 4 nitrogen and oxygen atoms in total. The zero-order chi connectivity index (χ0) is 13.7. The number of hydrogen-bond acceptors (Lipinski definition) is 3. The van der Waals surface area contributed by atoms with Crippen LogP contribution in [0.5, 0.6) is 0 Å². The molecule has 0 saturated heterocycles. The van der Waals surface area contributed by atoms with E-state index in [0.717, 1.165) is 10.6 Å². The van der Waals surface area contributed by atoms with Crippen LogP contribution in [0.15, 0.2) is 23.9 Å². The third-order valence-electron chi connectivity index (χ3n) is 1.88. The minimum absolute atomic E-state index is 0.211. The first kappa shape index (κ1) is 18.2. The third kappa shape index (κ3) is 8.65. The zero-order valence-electron chi connectivity index (χ0n) is 11.9. The van der Waals surface area contributed by atoms with Gasteiger partial charge in [0.2, 0.25) is 0 Å². The molecule has 0 aromatic carbocycles. The van der Waals surface area contributed by atoms with Gasteiger partial charge in [0.05, 0.1) is 20.6 Å². The lowest BCUT2D eigenvalue weighted by Crippen LogP contribution is -3.06. The molecule has 0 fully saturated rings. The molecular weight excluding hydrogens is 218 g/mol. The molecule has 1 rings (SSSR count). The average molecular weight is 244 g/mol. The van der Waals surface area contributed by atoms with E-state index in [2.05, 4.69) is 4.74 Å². The van der Waals surface area contributed by atoms with E-state index in [-0.39, 0.29) is 5.97 Å². The summed E-state index contributed by atoms with van der Waals surface area (Å²) in [6, 6.07) is 0. The van der Waals surface area contributed by atoms with Crippen LogP contribution >= 0.6 is 0 Å². The van der Waals surface area contributed by atoms with E-state index >= 15 is 0 Å². The van der Waals surface area contributed by atoms with Crippen molar-refractivity contribution in [3.8, 4) is 0 Å². The Morgan fingerprint density at radius 2 is 1.88 bits per heavy atom. The zero-order valence-corrected chi connectivity index (χ0v) is 11.9. The number of methoxy groups -OCH3 is 1. The first-order chi connectivity index (χ1) is 8.26. The van der Waals surface area contributed by atoms with Gasteiger partial charge in [0, 0.05) is 0 Å². The molecule has 1 heterocycles. The summed E-state index contributed by atoms with van der Waals surface area (Å²) < 4.78 is 4.57. The van der Waals surface area contributed by atoms with Gasteiger partial charge in [-0.05, 0) is 11.6 Å². The van der Waals surface area contributed by atoms with Crippen molar-refractivity contribution in [1.82, 2.24) is 0 Å². The summed E-state index contributed by atoms with van der Waals surface area (Å²) in [5, 5.41) is 0.876. The van der Waals surface area contributed by atoms with Crippen molar-refractivity contribution in [3.05, 3.63) is 23.9 Å². The standard InChI is InChI=1S/C9H13NO3.2C2H6/c1-12-9(11)6-8-4-3-5-10(7-8)13-2;2*1-2/h3-5H,6-7H2,1-2H3;2*1-2H3/p+1. The van der Waals surface area contributed by atoms with Crippen molar-refractivity contribution in [1.29, 1.82) is 0 Å². The Balaban J connectivity index is 0. The Morgan fingerprint density at radius 1 is 1.29 bits per heavy atom. The molecule has 17 heavy (non-hydrogen) atoms. The number of hydroxylamine groups is 2. The fourth-order valence-corrected chi connectivity index (χ4v) is 1.15. The highest BCUT2D eigenvalue weighted by molar-refractivity contribution is 5.72. The monoisotopic (exact) mass is 244 g/mol. The van der Waals surface area contributed by atoms with Crippen LogP contribution in [0.3, 0.4) is 0 Å². The van der Waals surface area contributed by atoms with E-state index < -0.39 is 0 Å². The maximum atomic E-state index is 10.9. The molecule has 0 saturated carbocycles. The van der Waals surface area contributed by atoms with Gasteiger partial charge in [0.15, 0.2) is 0 Å². The number of quaternary nitrogens is 1. The van der Waals surface area contributed by atoms with Crippen LogP contribution in [0.4, 0.5) is 0 Å². The minimum Gasteiger partial charge on any atom is -0.469 e. The molecule has 100 valence electrons. The summed E-state index contributed by atoms with van der Waals surface area (Å²) in [6.45, 7) is 8.70. The van der Waals surface area contributed by atoms with E-state index in [4.69, 9.17) is 4.84 Å². The number of nitrogens with one attached hydrogen (secondary N) is 1. The average Bonchev–Trinajstić information content (AvgIpc) is 2.43. The highest BCUT2D eigenvalue weighted by Gasteiger charge is 2.14. The predicted molar refractivity (Wildman–Crippen MR) is 69.4 cm³/mol. The molecule has 0 aromatic heterocycles. The number of ether oxygens (including phenoxy) is 1. The van der Waals surface area contributed by atoms with Crippen molar-refractivity contribution < 1.29 is 19.4 Å². The molecular formula is C13H26NO3+. The quantitative estimate of drug-likeness (QED) is 0.765. The predicted octanol–water partition coefficient (Wildman–Crippen LogP) is 1.50. The summed E-state index contributed by atoms with van der Waals surface area (Å²) in [6.07, 6.45) is 6.02. The summed E-state index contributed by atoms with van der Waals surface area (Å²) in [5.41, 5.74) is 1.02. The van der Waals surface area contributed by atoms with Gasteiger partial charge in [-0.15, -0.1) is 0 Å². The molecule has 1 unspecified atom stereocenters. The molecule has 1 aliphatic heterocycles. The second kappa shape index (κ2) is 12.9. The van der Waals surface area contributed by atoms with Gasteiger partial charge >= 0.3 is 5.97 Å². The van der Waals surface area contributed by atoms with Crippen molar-refractivity contribution in [2.24, 2.45) is 0 Å². The van der Waals surface area contributed by atoms with Crippen molar-refractivity contribution in [2.45, 2.75) is 34.1 Å². The van der Waals surface area contributed by atoms with E-state index in [9.17, 15) is 4.79 Å². The van der Waals surface area contributed by atoms with Crippen LogP contribution in [-0.4, -0.2) is 26.7 Å². The fraction of sp³-hybridized carbons (Fsp3) is 0.615. The molecule has 0 spiro atoms. The molecule has 0 bridgehead atoms. The van der Waals surface area contributed by atoms with E-state index in [1.54, 1.807) is 7.11 Å². The van der Waals surface area contributed by atoms with Gasteiger partial charge in [0.25, 0.3) is 0 Å². The second-order valence-electron chi connectivity index (χ2n) is 2.78. The Morgan fingerprint density at radius 3 is 2.35 bits per heavy atom. The SMILES string of the molecule is CC.CC.COC(=O)CC1=CC=C[NH+](OC)C1. The second-order valence-corrected chi connectivity index (χ2v) is 2.78. The molecule has 0 aromatic rings. The molecule has 0 amide bonds. The van der Waals surface area contributed by atoms with Crippen molar-refractivity contribution >= 4 is 5.97 Å². The maximum Gasteiger partial charge on any atom is 0.309 e. The van der Waals surface area contributed by atoms with E-state index in [1.807, 2.05) is 46.0 Å². The Kier molecular flexibility index (Phi) is 13.9. The smallest absolute Gasteiger partial charge is 0.309 e. The van der Waals surface area contributed by atoms with Gasteiger partial charge in [-0.3, -0.25) is 4.79 Å². The molecule has 1 N–H and O–H groups in total. The molecule has 1 atom stereocenters. The van der Waals surface area contributed by atoms with Crippen LogP contribution in [0.25, 0.3) is 0 Å². The van der Waals surface area contributed by atoms with Crippen LogP contribution in [-0.2, 0) is 14.4 Å². The maximum absolute atomic E-state index is 10.9. The summed E-state index contributed by atoms with van der Waals surface area (Å²) in [5.74, 6) is -0.211. The number of esters is 1. The fourth-order valence-electron chi connectivity index (χ4n) is 1.15. The molecule has 4 heteroatoms. The van der Waals surface area contributed by atoms with E-state index in [0.29, 0.717) is 13.0 Å². The molecule has 1 aliphatic rings. The highest BCUT2D eigenvalue weighted by atomic mass is 16.7. The van der Waals surface area contributed by atoms with Crippen molar-refractivity contribution in [2.75, 3.05) is 20.8 Å². The molecule has 0 radical (unpaired) electrons. The van der Waals surface area contributed by atoms with Gasteiger partial charge in [-0.1, -0.05) is 33.8 Å². The Hall–Kier alpha value is -1.13. The number of allylic oxidation sites excluding steroid dienone is 2. The number of rotatable bonds is 3.